The van der Waals surface area contributed by atoms with Crippen molar-refractivity contribution in [3.05, 3.63) is 17.0 Å². The third kappa shape index (κ3) is 3.39. The smallest absolute Gasteiger partial charge is 0.232 e. The van der Waals surface area contributed by atoms with Gasteiger partial charge in [0.2, 0.25) is 11.8 Å². The molecular weight excluding hydrogens is 340 g/mol. The van der Waals surface area contributed by atoms with E-state index in [1.807, 2.05) is 20.8 Å². The largest absolute Gasteiger partial charge is 0.350 e. The van der Waals surface area contributed by atoms with Gasteiger partial charge in [-0.1, -0.05) is 0 Å². The quantitative estimate of drug-likeness (QED) is 0.780. The molecule has 1 aromatic rings. The Morgan fingerprint density at radius 2 is 1.74 bits per heavy atom. The fourth-order valence-electron chi connectivity index (χ4n) is 6.45. The van der Waals surface area contributed by atoms with Crippen molar-refractivity contribution in [2.24, 2.45) is 17.8 Å². The molecule has 148 valence electrons. The van der Waals surface area contributed by atoms with Gasteiger partial charge < -0.3 is 10.2 Å². The van der Waals surface area contributed by atoms with Crippen LogP contribution in [0, 0.1) is 31.6 Å². The number of hydrogen-bond donors (Lipinski definition) is 2. The number of rotatable bonds is 5. The number of aryl methyl sites for hydroxylation is 2. The van der Waals surface area contributed by atoms with Gasteiger partial charge >= 0.3 is 0 Å². The lowest BCUT2D eigenvalue weighted by molar-refractivity contribution is -0.138. The highest BCUT2D eigenvalue weighted by molar-refractivity contribution is 5.97. The normalized spacial score (nSPS) is 32.4. The zero-order chi connectivity index (χ0) is 19.3. The Morgan fingerprint density at radius 3 is 2.22 bits per heavy atom. The fourth-order valence-corrected chi connectivity index (χ4v) is 6.45. The number of carbonyl (C=O) groups is 2. The first-order valence-corrected chi connectivity index (χ1v) is 10.3. The Balaban J connectivity index is 1.37. The molecule has 0 aliphatic heterocycles. The van der Waals surface area contributed by atoms with E-state index in [0.29, 0.717) is 0 Å². The van der Waals surface area contributed by atoms with Gasteiger partial charge in [-0.3, -0.25) is 14.7 Å². The second-order valence-corrected chi connectivity index (χ2v) is 9.45. The van der Waals surface area contributed by atoms with Crippen LogP contribution < -0.4 is 5.32 Å². The van der Waals surface area contributed by atoms with E-state index in [0.717, 1.165) is 54.0 Å². The molecule has 0 saturated heterocycles. The van der Waals surface area contributed by atoms with Crippen molar-refractivity contribution in [3.8, 4) is 0 Å². The molecule has 0 radical (unpaired) electrons. The summed E-state index contributed by atoms with van der Waals surface area (Å²) in [5, 5.41) is 10.5. The molecule has 0 unspecified atom stereocenters. The molecule has 4 fully saturated rings. The second kappa shape index (κ2) is 6.64. The van der Waals surface area contributed by atoms with Crippen molar-refractivity contribution in [1.82, 2.24) is 20.4 Å². The zero-order valence-corrected chi connectivity index (χ0v) is 17.0. The van der Waals surface area contributed by atoms with Crippen LogP contribution in [0.2, 0.25) is 0 Å². The average Bonchev–Trinajstić information content (AvgIpc) is 2.90. The van der Waals surface area contributed by atoms with Crippen LogP contribution in [-0.4, -0.2) is 39.5 Å². The second-order valence-electron chi connectivity index (χ2n) is 9.45. The standard InChI is InChI=1S/C21H32N4O2/c1-12-20(13(2)24-23-12)14(3)25(4)19(27)8-18(26)22-21-9-15-5-16(10-21)7-17(6-15)11-21/h14-17H,5-11H2,1-4H3,(H,22,26)(H,23,24)/t14-,15?,16?,17?,21?/m0/s1. The number of aromatic amines is 1. The Labute approximate surface area is 161 Å². The fraction of sp³-hybridized carbons (Fsp3) is 0.762. The van der Waals surface area contributed by atoms with E-state index in [1.165, 1.54) is 19.3 Å². The third-order valence-corrected chi connectivity index (χ3v) is 7.33. The zero-order valence-electron chi connectivity index (χ0n) is 17.0. The van der Waals surface area contributed by atoms with Gasteiger partial charge in [0.05, 0.1) is 11.7 Å². The first-order valence-electron chi connectivity index (χ1n) is 10.3. The summed E-state index contributed by atoms with van der Waals surface area (Å²) in [6, 6.07) is -0.108. The molecule has 0 aromatic carbocycles. The molecule has 6 nitrogen and oxygen atoms in total. The number of carbonyl (C=O) groups excluding carboxylic acids is 2. The van der Waals surface area contributed by atoms with Crippen LogP contribution in [0.5, 0.6) is 0 Å². The maximum absolute atomic E-state index is 12.7. The lowest BCUT2D eigenvalue weighted by Crippen LogP contribution is -2.60. The van der Waals surface area contributed by atoms with Crippen LogP contribution >= 0.6 is 0 Å². The van der Waals surface area contributed by atoms with Gasteiger partial charge in [-0.25, -0.2) is 0 Å². The van der Waals surface area contributed by atoms with E-state index in [4.69, 9.17) is 0 Å². The van der Waals surface area contributed by atoms with E-state index in [9.17, 15) is 9.59 Å². The number of H-pyrrole nitrogens is 1. The molecule has 4 aliphatic rings. The number of nitrogens with zero attached hydrogens (tertiary/aromatic N) is 2. The van der Waals surface area contributed by atoms with Crippen LogP contribution in [0.3, 0.4) is 0 Å². The highest BCUT2D eigenvalue weighted by Gasteiger charge is 2.51. The SMILES string of the molecule is Cc1n[nH]c(C)c1[C@H](C)N(C)C(=O)CC(=O)NC12CC3CC(CC(C3)C1)C2. The summed E-state index contributed by atoms with van der Waals surface area (Å²) < 4.78 is 0. The minimum absolute atomic E-state index is 0.0337. The van der Waals surface area contributed by atoms with Crippen molar-refractivity contribution in [3.63, 3.8) is 0 Å². The van der Waals surface area contributed by atoms with E-state index in [1.54, 1.807) is 11.9 Å². The molecule has 1 atom stereocenters. The van der Waals surface area contributed by atoms with Gasteiger partial charge in [0.25, 0.3) is 0 Å². The van der Waals surface area contributed by atoms with Crippen LogP contribution in [0.4, 0.5) is 0 Å². The van der Waals surface area contributed by atoms with E-state index < -0.39 is 0 Å². The molecule has 1 heterocycles. The van der Waals surface area contributed by atoms with Crippen molar-refractivity contribution in [2.45, 2.75) is 77.3 Å². The summed E-state index contributed by atoms with van der Waals surface area (Å²) in [5.74, 6) is 2.09. The van der Waals surface area contributed by atoms with Crippen molar-refractivity contribution < 1.29 is 9.59 Å². The first kappa shape index (κ1) is 18.5. The minimum Gasteiger partial charge on any atom is -0.350 e. The molecule has 2 amide bonds. The van der Waals surface area contributed by atoms with Gasteiger partial charge in [-0.05, 0) is 77.0 Å². The van der Waals surface area contributed by atoms with Crippen molar-refractivity contribution >= 4 is 11.8 Å². The molecule has 2 N–H and O–H groups in total. The topological polar surface area (TPSA) is 78.1 Å². The maximum atomic E-state index is 12.7. The molecule has 0 spiro atoms. The number of hydrogen-bond acceptors (Lipinski definition) is 3. The summed E-state index contributed by atoms with van der Waals surface area (Å²) in [6.45, 7) is 5.89. The predicted octanol–water partition coefficient (Wildman–Crippen LogP) is 3.02. The van der Waals surface area contributed by atoms with Gasteiger partial charge in [0, 0.05) is 23.8 Å². The predicted molar refractivity (Wildman–Crippen MR) is 103 cm³/mol. The van der Waals surface area contributed by atoms with Crippen molar-refractivity contribution in [2.75, 3.05) is 7.05 Å². The van der Waals surface area contributed by atoms with Crippen LogP contribution in [-0.2, 0) is 9.59 Å². The van der Waals surface area contributed by atoms with Crippen LogP contribution in [0.15, 0.2) is 0 Å². The summed E-state index contributed by atoms with van der Waals surface area (Å²) in [7, 11) is 1.77. The van der Waals surface area contributed by atoms with E-state index in [2.05, 4.69) is 15.5 Å². The Morgan fingerprint density at radius 1 is 1.19 bits per heavy atom. The maximum Gasteiger partial charge on any atom is 0.232 e. The van der Waals surface area contributed by atoms with Gasteiger partial charge in [-0.2, -0.15) is 5.10 Å². The van der Waals surface area contributed by atoms with E-state index >= 15 is 0 Å². The molecule has 5 rings (SSSR count). The number of aromatic nitrogens is 2. The lowest BCUT2D eigenvalue weighted by Gasteiger charge is -2.56. The summed E-state index contributed by atoms with van der Waals surface area (Å²) >= 11 is 0. The third-order valence-electron chi connectivity index (χ3n) is 7.33. The highest BCUT2D eigenvalue weighted by atomic mass is 16.2. The van der Waals surface area contributed by atoms with Crippen molar-refractivity contribution in [1.29, 1.82) is 0 Å². The molecule has 27 heavy (non-hydrogen) atoms. The summed E-state index contributed by atoms with van der Waals surface area (Å²) in [4.78, 5) is 27.1. The lowest BCUT2D eigenvalue weighted by atomic mass is 9.53. The summed E-state index contributed by atoms with van der Waals surface area (Å²) in [5.41, 5.74) is 2.87. The highest BCUT2D eigenvalue weighted by Crippen LogP contribution is 2.55. The van der Waals surface area contributed by atoms with Crippen LogP contribution in [0.25, 0.3) is 0 Å². The monoisotopic (exact) mass is 372 g/mol. The average molecular weight is 373 g/mol. The number of amides is 2. The van der Waals surface area contributed by atoms with Gasteiger partial charge in [-0.15, -0.1) is 0 Å². The first-order chi connectivity index (χ1) is 12.8. The van der Waals surface area contributed by atoms with Gasteiger partial charge in [0.15, 0.2) is 0 Å². The molecule has 1 aromatic heterocycles. The molecule has 4 aliphatic carbocycles. The number of nitrogens with one attached hydrogen (secondary N) is 2. The summed E-state index contributed by atoms with van der Waals surface area (Å²) in [6.07, 6.45) is 7.29. The molecule has 6 heteroatoms. The van der Waals surface area contributed by atoms with Gasteiger partial charge in [0.1, 0.15) is 6.42 Å². The van der Waals surface area contributed by atoms with E-state index in [-0.39, 0.29) is 29.8 Å². The molecular formula is C21H32N4O2. The minimum atomic E-state index is -0.135. The Kier molecular flexibility index (Phi) is 4.55. The van der Waals surface area contributed by atoms with Crippen LogP contribution in [0.1, 0.15) is 74.9 Å². The molecule has 4 bridgehead atoms. The Bertz CT molecular complexity index is 699. The molecule has 4 saturated carbocycles. The Hall–Kier alpha value is -1.85.